The van der Waals surface area contributed by atoms with Crippen molar-refractivity contribution in [3.63, 3.8) is 0 Å². The van der Waals surface area contributed by atoms with Crippen LogP contribution in [0.5, 0.6) is 5.75 Å². The molecule has 0 aliphatic heterocycles. The molecule has 0 radical (unpaired) electrons. The maximum Gasteiger partial charge on any atom is 0.131 e. The summed E-state index contributed by atoms with van der Waals surface area (Å²) < 4.78 is 12.7. The van der Waals surface area contributed by atoms with E-state index in [1.54, 1.807) is 0 Å². The maximum atomic E-state index is 12.7. The lowest BCUT2D eigenvalue weighted by Gasteiger charge is -2.00. The van der Waals surface area contributed by atoms with Gasteiger partial charge in [0, 0.05) is 18.2 Å². The first-order valence-corrected chi connectivity index (χ1v) is 3.08. The Hall–Kier alpha value is -1.13. The molecule has 1 aromatic carbocycles. The number of halogens is 1. The van der Waals surface area contributed by atoms with Crippen molar-refractivity contribution >= 4 is 0 Å². The zero-order valence-corrected chi connectivity index (χ0v) is 5.71. The Balaban J connectivity index is 2.90. The topological polar surface area (TPSA) is 52.5 Å². The van der Waals surface area contributed by atoms with E-state index in [1.807, 2.05) is 5.48 Å². The van der Waals surface area contributed by atoms with Crippen LogP contribution < -0.4 is 5.48 Å². The number of hydroxylamine groups is 1. The maximum absolute atomic E-state index is 12.7. The Morgan fingerprint density at radius 1 is 1.45 bits per heavy atom. The lowest BCUT2D eigenvalue weighted by atomic mass is 10.2. The number of benzene rings is 1. The molecule has 0 saturated heterocycles. The van der Waals surface area contributed by atoms with E-state index in [2.05, 4.69) is 0 Å². The van der Waals surface area contributed by atoms with Gasteiger partial charge in [0.2, 0.25) is 0 Å². The molecule has 0 unspecified atom stereocenters. The molecule has 0 bridgehead atoms. The molecule has 1 aromatic rings. The third-order valence-electron chi connectivity index (χ3n) is 1.31. The Labute approximate surface area is 63.1 Å². The quantitative estimate of drug-likeness (QED) is 0.561. The van der Waals surface area contributed by atoms with E-state index in [0.29, 0.717) is 5.56 Å². The van der Waals surface area contributed by atoms with Crippen molar-refractivity contribution in [2.75, 3.05) is 0 Å². The standard InChI is InChI=1S/C7H8FNO2/c8-7-3-6(10)2-1-5(7)4-9-11/h1-3,9-11H,4H2. The number of rotatable bonds is 2. The van der Waals surface area contributed by atoms with Gasteiger partial charge in [-0.25, -0.2) is 9.87 Å². The third-order valence-corrected chi connectivity index (χ3v) is 1.31. The van der Waals surface area contributed by atoms with E-state index in [-0.39, 0.29) is 12.3 Å². The zero-order chi connectivity index (χ0) is 8.27. The third kappa shape index (κ3) is 1.89. The van der Waals surface area contributed by atoms with Gasteiger partial charge in [-0.15, -0.1) is 0 Å². The van der Waals surface area contributed by atoms with E-state index in [9.17, 15) is 4.39 Å². The highest BCUT2D eigenvalue weighted by Crippen LogP contribution is 2.14. The summed E-state index contributed by atoms with van der Waals surface area (Å²) in [5, 5.41) is 17.0. The van der Waals surface area contributed by atoms with Crippen LogP contribution in [0.1, 0.15) is 5.56 Å². The highest BCUT2D eigenvalue weighted by atomic mass is 19.1. The summed E-state index contributed by atoms with van der Waals surface area (Å²) in [7, 11) is 0. The number of phenolic OH excluding ortho intramolecular Hbond substituents is 1. The van der Waals surface area contributed by atoms with Crippen LogP contribution in [0, 0.1) is 5.82 Å². The van der Waals surface area contributed by atoms with Gasteiger partial charge in [0.25, 0.3) is 0 Å². The molecular formula is C7H8FNO2. The number of hydrogen-bond donors (Lipinski definition) is 3. The van der Waals surface area contributed by atoms with Gasteiger partial charge in [0.05, 0.1) is 0 Å². The van der Waals surface area contributed by atoms with Gasteiger partial charge < -0.3 is 10.3 Å². The van der Waals surface area contributed by atoms with Crippen molar-refractivity contribution in [2.45, 2.75) is 6.54 Å². The van der Waals surface area contributed by atoms with E-state index < -0.39 is 5.82 Å². The Morgan fingerprint density at radius 3 is 2.73 bits per heavy atom. The van der Waals surface area contributed by atoms with Gasteiger partial charge >= 0.3 is 0 Å². The SMILES string of the molecule is ONCc1ccc(O)cc1F. The summed E-state index contributed by atoms with van der Waals surface area (Å²) in [4.78, 5) is 0. The largest absolute Gasteiger partial charge is 0.508 e. The fourth-order valence-electron chi connectivity index (χ4n) is 0.765. The molecule has 3 N–H and O–H groups in total. The molecule has 1 rings (SSSR count). The monoisotopic (exact) mass is 157 g/mol. The van der Waals surface area contributed by atoms with Crippen molar-refractivity contribution in [3.8, 4) is 5.75 Å². The van der Waals surface area contributed by atoms with Crippen LogP contribution in [0.15, 0.2) is 18.2 Å². The molecule has 0 aliphatic carbocycles. The summed E-state index contributed by atoms with van der Waals surface area (Å²) in [5.41, 5.74) is 2.13. The van der Waals surface area contributed by atoms with Crippen molar-refractivity contribution < 1.29 is 14.7 Å². The van der Waals surface area contributed by atoms with Gasteiger partial charge in [-0.2, -0.15) is 0 Å². The Kier molecular flexibility index (Phi) is 2.40. The molecule has 11 heavy (non-hydrogen) atoms. The first-order chi connectivity index (χ1) is 5.24. The van der Waals surface area contributed by atoms with Crippen LogP contribution in [-0.4, -0.2) is 10.3 Å². The van der Waals surface area contributed by atoms with Crippen molar-refractivity contribution in [1.29, 1.82) is 0 Å². The molecule has 3 nitrogen and oxygen atoms in total. The first-order valence-electron chi connectivity index (χ1n) is 3.08. The lowest BCUT2D eigenvalue weighted by Crippen LogP contribution is -2.07. The molecule has 0 heterocycles. The normalized spacial score (nSPS) is 10.0. The van der Waals surface area contributed by atoms with Crippen LogP contribution in [0.2, 0.25) is 0 Å². The highest BCUT2D eigenvalue weighted by Gasteiger charge is 2.00. The van der Waals surface area contributed by atoms with E-state index in [4.69, 9.17) is 10.3 Å². The lowest BCUT2D eigenvalue weighted by molar-refractivity contribution is 0.160. The summed E-state index contributed by atoms with van der Waals surface area (Å²) in [5.74, 6) is -0.657. The minimum atomic E-state index is -0.536. The summed E-state index contributed by atoms with van der Waals surface area (Å²) in [6.07, 6.45) is 0. The molecule has 0 saturated carbocycles. The fraction of sp³-hybridized carbons (Fsp3) is 0.143. The second kappa shape index (κ2) is 3.32. The van der Waals surface area contributed by atoms with Gasteiger partial charge in [0.1, 0.15) is 11.6 Å². The second-order valence-electron chi connectivity index (χ2n) is 2.11. The Bertz CT molecular complexity index is 252. The van der Waals surface area contributed by atoms with Crippen LogP contribution in [0.4, 0.5) is 4.39 Å². The van der Waals surface area contributed by atoms with Crippen LogP contribution in [0.3, 0.4) is 0 Å². The second-order valence-corrected chi connectivity index (χ2v) is 2.11. The fourth-order valence-corrected chi connectivity index (χ4v) is 0.765. The van der Waals surface area contributed by atoms with Crippen molar-refractivity contribution in [1.82, 2.24) is 5.48 Å². The zero-order valence-electron chi connectivity index (χ0n) is 5.71. The predicted molar refractivity (Wildman–Crippen MR) is 36.7 cm³/mol. The minimum Gasteiger partial charge on any atom is -0.508 e. The number of phenols is 1. The first kappa shape index (κ1) is 7.97. The van der Waals surface area contributed by atoms with Crippen LogP contribution >= 0.6 is 0 Å². The van der Waals surface area contributed by atoms with Crippen molar-refractivity contribution in [3.05, 3.63) is 29.6 Å². The minimum absolute atomic E-state index is 0.0338. The molecule has 0 aromatic heterocycles. The molecule has 0 fully saturated rings. The molecule has 0 amide bonds. The summed E-state index contributed by atoms with van der Waals surface area (Å²) in [6.45, 7) is 0.0338. The number of aromatic hydroxyl groups is 1. The number of hydrogen-bond acceptors (Lipinski definition) is 3. The summed E-state index contributed by atoms with van der Waals surface area (Å²) >= 11 is 0. The average Bonchev–Trinajstić information content (AvgIpc) is 1.95. The molecule has 4 heteroatoms. The van der Waals surface area contributed by atoms with E-state index in [0.717, 1.165) is 6.07 Å². The average molecular weight is 157 g/mol. The molecule has 60 valence electrons. The van der Waals surface area contributed by atoms with Crippen LogP contribution in [-0.2, 0) is 6.54 Å². The Morgan fingerprint density at radius 2 is 2.18 bits per heavy atom. The van der Waals surface area contributed by atoms with Gasteiger partial charge in [-0.05, 0) is 6.07 Å². The van der Waals surface area contributed by atoms with E-state index in [1.165, 1.54) is 12.1 Å². The van der Waals surface area contributed by atoms with Crippen molar-refractivity contribution in [2.24, 2.45) is 0 Å². The smallest absolute Gasteiger partial charge is 0.131 e. The van der Waals surface area contributed by atoms with Gasteiger partial charge in [0.15, 0.2) is 0 Å². The van der Waals surface area contributed by atoms with Gasteiger partial charge in [-0.1, -0.05) is 6.07 Å². The number of nitrogens with one attached hydrogen (secondary N) is 1. The van der Waals surface area contributed by atoms with Gasteiger partial charge in [-0.3, -0.25) is 0 Å². The predicted octanol–water partition coefficient (Wildman–Crippen LogP) is 1.01. The molecule has 0 aliphatic rings. The highest BCUT2D eigenvalue weighted by molar-refractivity contribution is 5.27. The molecule has 0 spiro atoms. The molecular weight excluding hydrogens is 149 g/mol. The van der Waals surface area contributed by atoms with Crippen LogP contribution in [0.25, 0.3) is 0 Å². The van der Waals surface area contributed by atoms with E-state index >= 15 is 0 Å². The molecule has 0 atom stereocenters. The summed E-state index contributed by atoms with van der Waals surface area (Å²) in [6, 6.07) is 3.75.